The molecule has 4 aliphatic carbocycles. The topological polar surface area (TPSA) is 121 Å². The Kier molecular flexibility index (Phi) is 6.42. The molecule has 0 radical (unpaired) electrons. The van der Waals surface area contributed by atoms with Gasteiger partial charge in [-0.3, -0.25) is 4.79 Å². The van der Waals surface area contributed by atoms with Gasteiger partial charge in [0.1, 0.15) is 0 Å². The molecule has 4 rings (SSSR count). The van der Waals surface area contributed by atoms with Crippen LogP contribution in [-0.4, -0.2) is 61.0 Å². The molecule has 1 amide bonds. The van der Waals surface area contributed by atoms with Crippen molar-refractivity contribution in [1.29, 1.82) is 0 Å². The predicted molar refractivity (Wildman–Crippen MR) is 105 cm³/mol. The van der Waals surface area contributed by atoms with Crippen LogP contribution in [0.3, 0.4) is 0 Å². The molecular formula is C18H27F5N2O6S2. The third-order valence-corrected chi connectivity index (χ3v) is 10.6. The molecule has 4 aliphatic rings. The SMILES string of the molecule is CC(C)(O)CN(S(=O)(=O)C(F)(F)F)S(=O)(=O)C(F)(F)C(=O)NCC12CC3CC(CC(C3)C1)C2. The molecule has 0 aliphatic heterocycles. The van der Waals surface area contributed by atoms with Crippen LogP contribution in [0.5, 0.6) is 0 Å². The fourth-order valence-corrected chi connectivity index (χ4v) is 9.19. The summed E-state index contributed by atoms with van der Waals surface area (Å²) in [5.41, 5.74) is -9.21. The van der Waals surface area contributed by atoms with Crippen LogP contribution >= 0.6 is 0 Å². The van der Waals surface area contributed by atoms with Crippen molar-refractivity contribution in [3.05, 3.63) is 0 Å². The number of hydrogen-bond acceptors (Lipinski definition) is 6. The minimum Gasteiger partial charge on any atom is -0.389 e. The van der Waals surface area contributed by atoms with E-state index in [4.69, 9.17) is 0 Å². The number of alkyl halides is 5. The standard InChI is InChI=1S/C18H27F5N2O6S2/c1-15(2,27)10-25(33(30,31)18(21,22)23)32(28,29)17(19,20)14(26)24-9-16-6-11-3-12(7-16)5-13(4-11)8-16/h11-13,27H,3-10H2,1-2H3,(H,24,26). The predicted octanol–water partition coefficient (Wildman–Crippen LogP) is 2.16. The second kappa shape index (κ2) is 7.98. The minimum absolute atomic E-state index is 0.280. The summed E-state index contributed by atoms with van der Waals surface area (Å²) >= 11 is 0. The Morgan fingerprint density at radius 3 is 1.73 bits per heavy atom. The van der Waals surface area contributed by atoms with Gasteiger partial charge in [-0.05, 0) is 75.5 Å². The second-order valence-electron chi connectivity index (χ2n) is 10.3. The van der Waals surface area contributed by atoms with E-state index in [9.17, 15) is 48.7 Å². The molecule has 0 aromatic heterocycles. The molecule has 2 N–H and O–H groups in total. The van der Waals surface area contributed by atoms with E-state index in [0.717, 1.165) is 33.1 Å². The van der Waals surface area contributed by atoms with Gasteiger partial charge in [0.2, 0.25) is 0 Å². The minimum atomic E-state index is -6.87. The van der Waals surface area contributed by atoms with Crippen molar-refractivity contribution in [3.8, 4) is 0 Å². The van der Waals surface area contributed by atoms with Crippen LogP contribution in [0.1, 0.15) is 52.4 Å². The number of hydrogen-bond donors (Lipinski definition) is 2. The highest BCUT2D eigenvalue weighted by Gasteiger charge is 2.64. The molecule has 33 heavy (non-hydrogen) atoms. The Morgan fingerprint density at radius 1 is 0.939 bits per heavy atom. The summed E-state index contributed by atoms with van der Waals surface area (Å²) in [6, 6.07) is 0. The maximum absolute atomic E-state index is 14.7. The van der Waals surface area contributed by atoms with E-state index in [1.54, 1.807) is 0 Å². The Hall–Kier alpha value is -1.06. The van der Waals surface area contributed by atoms with Crippen molar-refractivity contribution >= 4 is 26.0 Å². The monoisotopic (exact) mass is 526 g/mol. The number of nitrogens with one attached hydrogen (secondary N) is 1. The van der Waals surface area contributed by atoms with E-state index in [1.807, 2.05) is 5.32 Å². The van der Waals surface area contributed by atoms with Crippen LogP contribution < -0.4 is 5.32 Å². The van der Waals surface area contributed by atoms with Crippen molar-refractivity contribution < 1.29 is 48.7 Å². The summed E-state index contributed by atoms with van der Waals surface area (Å²) in [5.74, 6) is -1.25. The highest BCUT2D eigenvalue weighted by molar-refractivity contribution is 8.05. The van der Waals surface area contributed by atoms with Gasteiger partial charge in [-0.2, -0.15) is 22.0 Å². The first-order valence-corrected chi connectivity index (χ1v) is 13.3. The van der Waals surface area contributed by atoms with E-state index in [1.165, 1.54) is 0 Å². The Balaban J connectivity index is 1.84. The van der Waals surface area contributed by atoms with Gasteiger partial charge in [-0.25, -0.2) is 16.8 Å². The van der Waals surface area contributed by atoms with Crippen molar-refractivity contribution in [2.75, 3.05) is 13.1 Å². The van der Waals surface area contributed by atoms with Crippen LogP contribution in [0.25, 0.3) is 0 Å². The average Bonchev–Trinajstić information content (AvgIpc) is 2.61. The summed E-state index contributed by atoms with van der Waals surface area (Å²) < 4.78 is 115. The van der Waals surface area contributed by atoms with Crippen LogP contribution in [0, 0.1) is 23.2 Å². The van der Waals surface area contributed by atoms with Gasteiger partial charge in [0.25, 0.3) is 0 Å². The molecule has 0 heterocycles. The highest BCUT2D eigenvalue weighted by Crippen LogP contribution is 2.59. The highest BCUT2D eigenvalue weighted by atomic mass is 32.3. The number of amides is 1. The summed E-state index contributed by atoms with van der Waals surface area (Å²) in [5, 5.41) is 6.03. The smallest absolute Gasteiger partial charge is 0.389 e. The molecule has 0 spiro atoms. The summed E-state index contributed by atoms with van der Waals surface area (Å²) in [7, 11) is -13.6. The molecule has 0 aromatic rings. The normalized spacial score (nSPS) is 30.6. The van der Waals surface area contributed by atoms with Gasteiger partial charge in [0.05, 0.1) is 12.1 Å². The number of halogens is 5. The molecule has 4 fully saturated rings. The van der Waals surface area contributed by atoms with Crippen LogP contribution in [-0.2, 0) is 24.8 Å². The third-order valence-electron chi connectivity index (χ3n) is 6.72. The molecule has 8 nitrogen and oxygen atoms in total. The maximum atomic E-state index is 14.7. The van der Waals surface area contributed by atoms with Gasteiger partial charge >= 0.3 is 36.7 Å². The molecule has 0 saturated heterocycles. The first-order valence-electron chi connectivity index (χ1n) is 10.4. The van der Waals surface area contributed by atoms with Crippen LogP contribution in [0.2, 0.25) is 0 Å². The third kappa shape index (κ3) is 4.87. The van der Waals surface area contributed by atoms with Crippen LogP contribution in [0.15, 0.2) is 0 Å². The van der Waals surface area contributed by atoms with E-state index in [0.29, 0.717) is 37.0 Å². The van der Waals surface area contributed by atoms with Crippen molar-refractivity contribution in [3.63, 3.8) is 0 Å². The van der Waals surface area contributed by atoms with Gasteiger partial charge in [-0.1, -0.05) is 3.71 Å². The fourth-order valence-electron chi connectivity index (χ4n) is 5.85. The van der Waals surface area contributed by atoms with Crippen molar-refractivity contribution in [2.24, 2.45) is 23.2 Å². The Morgan fingerprint density at radius 2 is 1.36 bits per heavy atom. The zero-order valence-corrected chi connectivity index (χ0v) is 19.7. The van der Waals surface area contributed by atoms with Crippen molar-refractivity contribution in [1.82, 2.24) is 9.03 Å². The number of rotatable bonds is 8. The fraction of sp³-hybridized carbons (Fsp3) is 0.944. The second-order valence-corrected chi connectivity index (χ2v) is 14.3. The zero-order chi connectivity index (χ0) is 25.3. The number of carbonyl (C=O) groups excluding carboxylic acids is 1. The lowest BCUT2D eigenvalue weighted by Gasteiger charge is -2.56. The molecule has 0 unspecified atom stereocenters. The quantitative estimate of drug-likeness (QED) is 0.468. The van der Waals surface area contributed by atoms with Gasteiger partial charge in [0.15, 0.2) is 0 Å². The molecule has 4 saturated carbocycles. The lowest BCUT2D eigenvalue weighted by atomic mass is 9.49. The maximum Gasteiger partial charge on any atom is 0.512 e. The number of sulfonamides is 2. The zero-order valence-electron chi connectivity index (χ0n) is 18.0. The average molecular weight is 527 g/mol. The molecule has 15 heteroatoms. The lowest BCUT2D eigenvalue weighted by molar-refractivity contribution is -0.138. The summed E-state index contributed by atoms with van der Waals surface area (Å²) in [4.78, 5) is 12.2. The van der Waals surface area contributed by atoms with E-state index < -0.39 is 58.0 Å². The molecular weight excluding hydrogens is 499 g/mol. The lowest BCUT2D eigenvalue weighted by Crippen LogP contribution is -2.59. The molecule has 4 bridgehead atoms. The number of aliphatic hydroxyl groups is 1. The van der Waals surface area contributed by atoms with Gasteiger partial charge in [0, 0.05) is 6.54 Å². The van der Waals surface area contributed by atoms with Crippen LogP contribution in [0.4, 0.5) is 22.0 Å². The van der Waals surface area contributed by atoms with Gasteiger partial charge in [-0.15, -0.1) is 0 Å². The molecule has 192 valence electrons. The van der Waals surface area contributed by atoms with E-state index in [-0.39, 0.29) is 6.54 Å². The van der Waals surface area contributed by atoms with E-state index >= 15 is 0 Å². The van der Waals surface area contributed by atoms with Crippen molar-refractivity contribution in [2.45, 2.75) is 68.7 Å². The summed E-state index contributed by atoms with van der Waals surface area (Å²) in [6.45, 7) is -0.688. The summed E-state index contributed by atoms with van der Waals surface area (Å²) in [6.07, 6.45) is 5.05. The first kappa shape index (κ1) is 26.5. The molecule has 0 aromatic carbocycles. The van der Waals surface area contributed by atoms with Gasteiger partial charge < -0.3 is 10.4 Å². The van der Waals surface area contributed by atoms with E-state index in [2.05, 4.69) is 0 Å². The Bertz CT molecular complexity index is 969. The molecule has 0 atom stereocenters. The number of carbonyl (C=O) groups is 1. The Labute approximate surface area is 189 Å². The number of nitrogens with zero attached hydrogens (tertiary/aromatic N) is 1. The first-order chi connectivity index (χ1) is 14.7. The largest absolute Gasteiger partial charge is 0.512 e.